The quantitative estimate of drug-likeness (QED) is 0.0919. The van der Waals surface area contributed by atoms with Crippen molar-refractivity contribution in [2.75, 3.05) is 126 Å². The number of hydrogen-bond donors (Lipinski definition) is 4. The summed E-state index contributed by atoms with van der Waals surface area (Å²) in [6, 6.07) is 24.2. The van der Waals surface area contributed by atoms with Crippen molar-refractivity contribution in [3.8, 4) is 34.3 Å². The predicted octanol–water partition coefficient (Wildman–Crippen LogP) is 5.63. The van der Waals surface area contributed by atoms with E-state index in [9.17, 15) is 33.0 Å². The van der Waals surface area contributed by atoms with E-state index in [1.54, 1.807) is 28.8 Å². The number of ether oxygens (including phenoxy) is 1. The van der Waals surface area contributed by atoms with Crippen LogP contribution in [0.25, 0.3) is 17.1 Å². The number of amides is 3. The molecule has 4 aliphatic heterocycles. The summed E-state index contributed by atoms with van der Waals surface area (Å²) in [4.78, 5) is 62.8. The summed E-state index contributed by atoms with van der Waals surface area (Å²) in [5.74, 6) is 1.05. The monoisotopic (exact) mass is 1110 g/mol. The average molecular weight is 1110 g/mol. The highest BCUT2D eigenvalue weighted by Gasteiger charge is 2.33. The maximum Gasteiger partial charge on any atom is 0.289 e. The molecule has 3 amide bonds. The molecule has 6 heterocycles. The second kappa shape index (κ2) is 23.5. The lowest BCUT2D eigenvalue weighted by Gasteiger charge is -2.39. The van der Waals surface area contributed by atoms with Gasteiger partial charge in [-0.25, -0.2) is 13.4 Å². The number of fused-ring (bicyclic) bond motifs is 2. The van der Waals surface area contributed by atoms with Gasteiger partial charge < -0.3 is 45.2 Å². The number of rotatable bonds is 16. The highest BCUT2D eigenvalue weighted by molar-refractivity contribution is 7.88. The summed E-state index contributed by atoms with van der Waals surface area (Å²) < 4.78 is 33.2. The SMILES string of the molecule is CCOc1cc(N2CCC(C(=O)N3CCN(Cc4ccc(-n5c(C(=O)NCCN6CCN(S(C)(=O)=O)CC6)nnc5-c5cc(C(C)C)c(O)cc5O)cc4)CC3)CC2)ccc1Nc1ncc2c(n1)N(C)c1ccccc1C(=O)N2C. The van der Waals surface area contributed by atoms with Gasteiger partial charge in [0.2, 0.25) is 27.7 Å². The number of nitrogens with zero attached hydrogens (tertiary/aromatic N) is 12. The number of nitrogens with one attached hydrogen (secondary N) is 2. The number of carbonyl (C=O) groups is 3. The van der Waals surface area contributed by atoms with Crippen LogP contribution in [0.15, 0.2) is 85.1 Å². The number of anilines is 6. The van der Waals surface area contributed by atoms with Crippen LogP contribution in [-0.4, -0.2) is 186 Å². The van der Waals surface area contributed by atoms with Crippen molar-refractivity contribution < 1.29 is 37.8 Å². The van der Waals surface area contributed by atoms with E-state index in [2.05, 4.69) is 40.5 Å². The molecular weight excluding hydrogens is 1040 g/mol. The number of phenols is 2. The molecule has 6 aromatic rings. The minimum Gasteiger partial charge on any atom is -0.508 e. The number of piperazine rings is 2. The van der Waals surface area contributed by atoms with Crippen molar-refractivity contribution in [1.82, 2.24) is 49.1 Å². The smallest absolute Gasteiger partial charge is 0.289 e. The molecule has 4 aromatic carbocycles. The molecular formula is C57H70N14O8S. The van der Waals surface area contributed by atoms with E-state index >= 15 is 0 Å². The van der Waals surface area contributed by atoms with Gasteiger partial charge in [0.05, 0.1) is 41.6 Å². The predicted molar refractivity (Wildman–Crippen MR) is 306 cm³/mol. The van der Waals surface area contributed by atoms with E-state index in [1.165, 1.54) is 16.6 Å². The number of aromatic nitrogens is 5. The van der Waals surface area contributed by atoms with Crippen LogP contribution in [0, 0.1) is 5.92 Å². The third kappa shape index (κ3) is 11.7. The Labute approximate surface area is 466 Å². The number of carbonyl (C=O) groups excluding carboxylic acids is 3. The van der Waals surface area contributed by atoms with Crippen molar-refractivity contribution in [3.63, 3.8) is 0 Å². The van der Waals surface area contributed by atoms with Gasteiger partial charge in [0.1, 0.15) is 22.9 Å². The molecule has 10 rings (SSSR count). The zero-order valence-electron chi connectivity index (χ0n) is 46.2. The maximum atomic E-state index is 14.0. The molecule has 0 atom stereocenters. The van der Waals surface area contributed by atoms with E-state index in [0.29, 0.717) is 117 Å². The van der Waals surface area contributed by atoms with E-state index < -0.39 is 15.9 Å². The van der Waals surface area contributed by atoms with E-state index in [4.69, 9.17) is 9.72 Å². The Morgan fingerprint density at radius 2 is 1.49 bits per heavy atom. The van der Waals surface area contributed by atoms with Crippen molar-refractivity contribution in [3.05, 3.63) is 108 Å². The number of para-hydroxylation sites is 1. The summed E-state index contributed by atoms with van der Waals surface area (Å²) >= 11 is 0. The summed E-state index contributed by atoms with van der Waals surface area (Å²) in [5.41, 5.74) is 6.19. The molecule has 0 radical (unpaired) electrons. The van der Waals surface area contributed by atoms with Crippen LogP contribution in [-0.2, 0) is 21.4 Å². The second-order valence-electron chi connectivity index (χ2n) is 21.1. The lowest BCUT2D eigenvalue weighted by Crippen LogP contribution is -2.51. The molecule has 0 unspecified atom stereocenters. The van der Waals surface area contributed by atoms with Crippen LogP contribution >= 0.6 is 0 Å². The van der Waals surface area contributed by atoms with Crippen molar-refractivity contribution in [2.45, 2.75) is 46.1 Å². The topological polar surface area (TPSA) is 238 Å². The highest BCUT2D eigenvalue weighted by atomic mass is 32.2. The summed E-state index contributed by atoms with van der Waals surface area (Å²) in [5, 5.41) is 36.8. The third-order valence-electron chi connectivity index (χ3n) is 15.6. The number of hydrogen-bond acceptors (Lipinski definition) is 17. The molecule has 2 aromatic heterocycles. The van der Waals surface area contributed by atoms with Crippen LogP contribution in [0.5, 0.6) is 17.2 Å². The van der Waals surface area contributed by atoms with Gasteiger partial charge >= 0.3 is 0 Å². The Balaban J connectivity index is 0.743. The maximum absolute atomic E-state index is 14.0. The lowest BCUT2D eigenvalue weighted by atomic mass is 9.94. The molecule has 0 saturated carbocycles. The fraction of sp³-hybridized carbons (Fsp3) is 0.421. The molecule has 80 heavy (non-hydrogen) atoms. The van der Waals surface area contributed by atoms with E-state index in [0.717, 1.165) is 56.0 Å². The molecule has 4 N–H and O–H groups in total. The third-order valence-corrected chi connectivity index (χ3v) is 16.9. The molecule has 3 fully saturated rings. The minimum absolute atomic E-state index is 0.0157. The first-order chi connectivity index (χ1) is 38.4. The molecule has 22 nitrogen and oxygen atoms in total. The fourth-order valence-corrected chi connectivity index (χ4v) is 11.8. The van der Waals surface area contributed by atoms with Crippen molar-refractivity contribution in [1.29, 1.82) is 0 Å². The number of benzene rings is 4. The molecule has 0 spiro atoms. The zero-order valence-corrected chi connectivity index (χ0v) is 47.0. The number of piperidine rings is 1. The minimum atomic E-state index is -3.27. The molecule has 4 aliphatic rings. The number of sulfonamides is 1. The fourth-order valence-electron chi connectivity index (χ4n) is 11.0. The van der Waals surface area contributed by atoms with E-state index in [1.807, 2.05) is 104 Å². The molecule has 422 valence electrons. The number of phenolic OH excluding ortho intramolecular Hbond substituents is 2. The Kier molecular flexibility index (Phi) is 16.3. The van der Waals surface area contributed by atoms with Gasteiger partial charge in [0.25, 0.3) is 11.8 Å². The van der Waals surface area contributed by atoms with Crippen molar-refractivity contribution >= 4 is 62.3 Å². The van der Waals surface area contributed by atoms with Crippen LogP contribution < -0.4 is 30.1 Å². The van der Waals surface area contributed by atoms with Gasteiger partial charge in [-0.1, -0.05) is 38.1 Å². The van der Waals surface area contributed by atoms with Gasteiger partial charge in [-0.3, -0.25) is 28.8 Å². The Morgan fingerprint density at radius 1 is 0.787 bits per heavy atom. The molecule has 0 aliphatic carbocycles. The molecule has 23 heteroatoms. The van der Waals surface area contributed by atoms with Crippen LogP contribution in [0.2, 0.25) is 0 Å². The van der Waals surface area contributed by atoms with Crippen LogP contribution in [0.4, 0.5) is 34.5 Å². The first-order valence-corrected chi connectivity index (χ1v) is 29.1. The summed E-state index contributed by atoms with van der Waals surface area (Å²) in [7, 11) is 0.349. The van der Waals surface area contributed by atoms with Crippen LogP contribution in [0.3, 0.4) is 0 Å². The van der Waals surface area contributed by atoms with Gasteiger partial charge in [0, 0.05) is 129 Å². The largest absolute Gasteiger partial charge is 0.508 e. The Bertz CT molecular complexity index is 3370. The first-order valence-electron chi connectivity index (χ1n) is 27.3. The zero-order chi connectivity index (χ0) is 56.4. The van der Waals surface area contributed by atoms with Crippen molar-refractivity contribution in [2.24, 2.45) is 5.92 Å². The Hall–Kier alpha value is -7.86. The van der Waals surface area contributed by atoms with E-state index in [-0.39, 0.29) is 46.8 Å². The molecule has 3 saturated heterocycles. The summed E-state index contributed by atoms with van der Waals surface area (Å²) in [6.07, 6.45) is 4.34. The van der Waals surface area contributed by atoms with Gasteiger partial charge in [-0.05, 0) is 79.3 Å². The van der Waals surface area contributed by atoms with Gasteiger partial charge in [-0.2, -0.15) is 9.29 Å². The molecule has 0 bridgehead atoms. The van der Waals surface area contributed by atoms with Gasteiger partial charge in [-0.15, -0.1) is 10.2 Å². The average Bonchev–Trinajstić information content (AvgIpc) is 3.92. The normalized spacial score (nSPS) is 16.9. The standard InChI is InChI=1S/C57H70N14O8S/c1-7-79-50-32-41(16-17-45(50)60-57-59-35-47-52(61-57)64(4)46-11-9-8-10-42(46)56(76)65(47)5)68-21-18-39(19-22-68)55(75)69-28-24-67(25-29-69)36-38-12-14-40(15-13-38)71-51(44-33-43(37(2)3)48(72)34-49(44)73)62-63-53(71)54(74)58-20-23-66-26-30-70(31-27-66)80(6,77)78/h8-17,32-35,37,39,72-73H,7,18-31,36H2,1-6H3,(H,58,74)(H,59,60,61). The number of aromatic hydroxyl groups is 2. The summed E-state index contributed by atoms with van der Waals surface area (Å²) in [6.45, 7) is 13.7. The lowest BCUT2D eigenvalue weighted by molar-refractivity contribution is -0.138. The Morgan fingerprint density at radius 3 is 2.19 bits per heavy atom. The highest BCUT2D eigenvalue weighted by Crippen LogP contribution is 2.41. The van der Waals surface area contributed by atoms with Crippen LogP contribution in [0.1, 0.15) is 71.6 Å². The first kappa shape index (κ1) is 55.5. The van der Waals surface area contributed by atoms with Gasteiger partial charge in [0.15, 0.2) is 11.6 Å². The second-order valence-corrected chi connectivity index (χ2v) is 23.1.